The molecule has 0 saturated carbocycles. The fourth-order valence-electron chi connectivity index (χ4n) is 5.20. The van der Waals surface area contributed by atoms with Gasteiger partial charge < -0.3 is 29.0 Å². The Morgan fingerprint density at radius 2 is 1.77 bits per heavy atom. The molecule has 9 nitrogen and oxygen atoms in total. The number of carbonyl (C=O) groups is 2. The second kappa shape index (κ2) is 12.5. The van der Waals surface area contributed by atoms with Crippen LogP contribution in [0.4, 0.5) is 0 Å². The molecule has 39 heavy (non-hydrogen) atoms. The quantitative estimate of drug-likeness (QED) is 0.212. The Bertz CT molecular complexity index is 1220. The predicted octanol–water partition coefficient (Wildman–Crippen LogP) is 3.78. The van der Waals surface area contributed by atoms with Crippen molar-refractivity contribution >= 4 is 17.4 Å². The van der Waals surface area contributed by atoms with Crippen LogP contribution in [0.25, 0.3) is 5.76 Å². The number of ketones is 1. The van der Waals surface area contributed by atoms with Gasteiger partial charge in [-0.3, -0.25) is 14.5 Å². The Hall–Kier alpha value is -3.56. The maximum atomic E-state index is 13.4. The van der Waals surface area contributed by atoms with E-state index in [-0.39, 0.29) is 11.3 Å². The average Bonchev–Trinajstić information content (AvgIpc) is 3.22. The Labute approximate surface area is 228 Å². The van der Waals surface area contributed by atoms with E-state index < -0.39 is 17.7 Å². The van der Waals surface area contributed by atoms with Crippen molar-refractivity contribution in [2.45, 2.75) is 32.2 Å². The second-order valence-electron chi connectivity index (χ2n) is 9.93. The molecule has 3 aliphatic rings. The summed E-state index contributed by atoms with van der Waals surface area (Å²) in [5.41, 5.74) is 1.17. The summed E-state index contributed by atoms with van der Waals surface area (Å²) in [5, 5.41) is 11.5. The average molecular weight is 537 g/mol. The third-order valence-corrected chi connectivity index (χ3v) is 7.27. The summed E-state index contributed by atoms with van der Waals surface area (Å²) in [6.07, 6.45) is 2.63. The number of aliphatic hydroxyl groups is 1. The molecule has 1 unspecified atom stereocenters. The topological polar surface area (TPSA) is 97.8 Å². The highest BCUT2D eigenvalue weighted by Crippen LogP contribution is 2.41. The van der Waals surface area contributed by atoms with Gasteiger partial charge in [-0.05, 0) is 48.7 Å². The van der Waals surface area contributed by atoms with Crippen LogP contribution in [0, 0.1) is 0 Å². The fraction of sp³-hybridized carbons (Fsp3) is 0.467. The molecule has 0 aliphatic carbocycles. The van der Waals surface area contributed by atoms with Crippen LogP contribution in [-0.2, 0) is 14.3 Å². The number of hydrogen-bond acceptors (Lipinski definition) is 8. The zero-order chi connectivity index (χ0) is 27.2. The van der Waals surface area contributed by atoms with Crippen molar-refractivity contribution in [3.05, 3.63) is 59.2 Å². The number of benzene rings is 2. The maximum absolute atomic E-state index is 13.4. The molecule has 1 N–H and O–H groups in total. The second-order valence-corrected chi connectivity index (χ2v) is 9.93. The SMILES string of the molecule is CCCCOc1cccc(C2/C(=C(/O)c3ccc4c(c3)OCCO4)C(=O)C(=O)N2CCCN2CCOCC2)c1. The van der Waals surface area contributed by atoms with Crippen molar-refractivity contribution in [1.29, 1.82) is 0 Å². The minimum Gasteiger partial charge on any atom is -0.507 e. The van der Waals surface area contributed by atoms with E-state index >= 15 is 0 Å². The number of aliphatic hydroxyl groups excluding tert-OH is 1. The first-order valence-corrected chi connectivity index (χ1v) is 13.8. The molecular formula is C30H36N2O7. The number of hydrogen-bond donors (Lipinski definition) is 1. The van der Waals surface area contributed by atoms with Crippen molar-refractivity contribution in [3.8, 4) is 17.2 Å². The fourth-order valence-corrected chi connectivity index (χ4v) is 5.20. The largest absolute Gasteiger partial charge is 0.507 e. The molecule has 0 spiro atoms. The highest BCUT2D eigenvalue weighted by molar-refractivity contribution is 6.46. The van der Waals surface area contributed by atoms with Gasteiger partial charge in [-0.1, -0.05) is 25.5 Å². The van der Waals surface area contributed by atoms with Crippen molar-refractivity contribution in [2.75, 3.05) is 59.2 Å². The highest BCUT2D eigenvalue weighted by Gasteiger charge is 2.46. The number of fused-ring (bicyclic) bond motifs is 1. The first-order valence-electron chi connectivity index (χ1n) is 13.8. The summed E-state index contributed by atoms with van der Waals surface area (Å²) < 4.78 is 22.6. The normalized spacial score (nSPS) is 20.8. The van der Waals surface area contributed by atoms with E-state index in [1.807, 2.05) is 24.3 Å². The molecule has 2 aromatic rings. The summed E-state index contributed by atoms with van der Waals surface area (Å²) in [6.45, 7) is 7.80. The number of morpholine rings is 1. The van der Waals surface area contributed by atoms with Crippen molar-refractivity contribution in [2.24, 2.45) is 0 Å². The van der Waals surface area contributed by atoms with Gasteiger partial charge in [0.05, 0.1) is 31.4 Å². The minimum atomic E-state index is -0.738. The summed E-state index contributed by atoms with van der Waals surface area (Å²) in [6, 6.07) is 11.7. The van der Waals surface area contributed by atoms with Gasteiger partial charge in [0.2, 0.25) is 0 Å². The Kier molecular flexibility index (Phi) is 8.68. The van der Waals surface area contributed by atoms with Gasteiger partial charge in [0, 0.05) is 31.7 Å². The predicted molar refractivity (Wildman–Crippen MR) is 145 cm³/mol. The standard InChI is InChI=1S/C30H36N2O7/c1-2-3-14-37-23-7-4-6-21(19-23)27-26(28(33)22-8-9-24-25(20-22)39-18-17-38-24)29(34)30(35)32(27)11-5-10-31-12-15-36-16-13-31/h4,6-9,19-20,27,33H,2-3,5,10-18H2,1H3/b28-26-. The van der Waals surface area contributed by atoms with E-state index in [9.17, 15) is 14.7 Å². The minimum absolute atomic E-state index is 0.0637. The lowest BCUT2D eigenvalue weighted by atomic mass is 9.95. The van der Waals surface area contributed by atoms with Crippen molar-refractivity contribution in [3.63, 3.8) is 0 Å². The third kappa shape index (κ3) is 6.04. The highest BCUT2D eigenvalue weighted by atomic mass is 16.6. The van der Waals surface area contributed by atoms with Gasteiger partial charge in [-0.25, -0.2) is 0 Å². The zero-order valence-electron chi connectivity index (χ0n) is 22.4. The lowest BCUT2D eigenvalue weighted by Gasteiger charge is -2.29. The number of amides is 1. The summed E-state index contributed by atoms with van der Waals surface area (Å²) in [5.74, 6) is 0.194. The Morgan fingerprint density at radius 1 is 0.974 bits per heavy atom. The number of likely N-dealkylation sites (tertiary alicyclic amines) is 1. The van der Waals surface area contributed by atoms with Crippen LogP contribution in [0.2, 0.25) is 0 Å². The van der Waals surface area contributed by atoms with Crippen LogP contribution in [-0.4, -0.2) is 85.8 Å². The lowest BCUT2D eigenvalue weighted by molar-refractivity contribution is -0.140. The van der Waals surface area contributed by atoms with Crippen LogP contribution in [0.1, 0.15) is 43.4 Å². The number of Topliss-reactive ketones (excluding diaryl/α,β-unsaturated/α-hetero) is 1. The molecule has 3 aliphatic heterocycles. The molecule has 2 saturated heterocycles. The number of nitrogens with zero attached hydrogens (tertiary/aromatic N) is 2. The molecule has 0 radical (unpaired) electrons. The van der Waals surface area contributed by atoms with E-state index in [4.69, 9.17) is 18.9 Å². The summed E-state index contributed by atoms with van der Waals surface area (Å²) >= 11 is 0. The molecule has 208 valence electrons. The Morgan fingerprint density at radius 3 is 2.56 bits per heavy atom. The van der Waals surface area contributed by atoms with E-state index in [0.29, 0.717) is 74.4 Å². The molecule has 0 aromatic heterocycles. The third-order valence-electron chi connectivity index (χ3n) is 7.27. The van der Waals surface area contributed by atoms with Gasteiger partial charge >= 0.3 is 0 Å². The van der Waals surface area contributed by atoms with E-state index in [2.05, 4.69) is 11.8 Å². The summed E-state index contributed by atoms with van der Waals surface area (Å²) in [7, 11) is 0. The molecular weight excluding hydrogens is 500 g/mol. The molecule has 3 heterocycles. The van der Waals surface area contributed by atoms with Crippen molar-refractivity contribution in [1.82, 2.24) is 9.80 Å². The van der Waals surface area contributed by atoms with E-state index in [1.165, 1.54) is 0 Å². The molecule has 0 bridgehead atoms. The van der Waals surface area contributed by atoms with Gasteiger partial charge in [-0.2, -0.15) is 0 Å². The van der Waals surface area contributed by atoms with Gasteiger partial charge in [0.25, 0.3) is 11.7 Å². The first-order chi connectivity index (χ1) is 19.1. The van der Waals surface area contributed by atoms with Crippen LogP contribution < -0.4 is 14.2 Å². The van der Waals surface area contributed by atoms with Gasteiger partial charge in [0.15, 0.2) is 11.5 Å². The number of ether oxygens (including phenoxy) is 4. The molecule has 2 aromatic carbocycles. The molecule has 1 amide bonds. The van der Waals surface area contributed by atoms with Crippen molar-refractivity contribution < 1.29 is 33.6 Å². The monoisotopic (exact) mass is 536 g/mol. The summed E-state index contributed by atoms with van der Waals surface area (Å²) in [4.78, 5) is 30.7. The van der Waals surface area contributed by atoms with Crippen LogP contribution in [0.5, 0.6) is 17.2 Å². The molecule has 1 atom stereocenters. The van der Waals surface area contributed by atoms with E-state index in [1.54, 1.807) is 23.1 Å². The maximum Gasteiger partial charge on any atom is 0.295 e. The smallest absolute Gasteiger partial charge is 0.295 e. The first kappa shape index (κ1) is 27.0. The number of carbonyl (C=O) groups excluding carboxylic acids is 2. The van der Waals surface area contributed by atoms with Gasteiger partial charge in [0.1, 0.15) is 24.7 Å². The van der Waals surface area contributed by atoms with Crippen LogP contribution in [0.15, 0.2) is 48.0 Å². The molecule has 2 fully saturated rings. The number of rotatable bonds is 10. The van der Waals surface area contributed by atoms with Gasteiger partial charge in [-0.15, -0.1) is 0 Å². The zero-order valence-corrected chi connectivity index (χ0v) is 22.4. The molecule has 9 heteroatoms. The lowest BCUT2D eigenvalue weighted by Crippen LogP contribution is -2.38. The molecule has 5 rings (SSSR count). The van der Waals surface area contributed by atoms with E-state index in [0.717, 1.165) is 32.5 Å². The van der Waals surface area contributed by atoms with Crippen LogP contribution >= 0.6 is 0 Å². The Balaban J connectivity index is 1.48. The number of unbranched alkanes of at least 4 members (excludes halogenated alkanes) is 1. The van der Waals surface area contributed by atoms with Crippen LogP contribution in [0.3, 0.4) is 0 Å².